The Labute approximate surface area is 155 Å². The summed E-state index contributed by atoms with van der Waals surface area (Å²) in [6.07, 6.45) is 1.64. The molecule has 0 saturated carbocycles. The number of carbonyl (C=O) groups is 1. The fraction of sp³-hybridized carbons (Fsp3) is 0.158. The van der Waals surface area contributed by atoms with Crippen molar-refractivity contribution >= 4 is 23.2 Å². The quantitative estimate of drug-likeness (QED) is 0.712. The molecule has 0 bridgehead atoms. The average molecular weight is 374 g/mol. The van der Waals surface area contributed by atoms with Gasteiger partial charge in [0, 0.05) is 16.9 Å². The molecular weight excluding hydrogens is 357 g/mol. The summed E-state index contributed by atoms with van der Waals surface area (Å²) in [6, 6.07) is 11.1. The molecule has 0 saturated heterocycles. The summed E-state index contributed by atoms with van der Waals surface area (Å²) in [7, 11) is 0. The van der Waals surface area contributed by atoms with Crippen molar-refractivity contribution in [1.82, 2.24) is 9.78 Å². The second kappa shape index (κ2) is 7.58. The molecule has 1 N–H and O–H groups in total. The summed E-state index contributed by atoms with van der Waals surface area (Å²) < 4.78 is 20.5. The molecule has 0 spiro atoms. The van der Waals surface area contributed by atoms with E-state index in [-0.39, 0.29) is 12.4 Å². The minimum atomic E-state index is -0.417. The third kappa shape index (κ3) is 4.21. The molecule has 1 heterocycles. The first kappa shape index (κ1) is 17.9. The van der Waals surface area contributed by atoms with Crippen LogP contribution in [0.15, 0.2) is 48.7 Å². The Kier molecular flexibility index (Phi) is 5.23. The number of aromatic nitrogens is 2. The summed E-state index contributed by atoms with van der Waals surface area (Å²) in [4.78, 5) is 12.3. The van der Waals surface area contributed by atoms with Crippen molar-refractivity contribution in [2.45, 2.75) is 20.6 Å². The van der Waals surface area contributed by atoms with Gasteiger partial charge in [0.1, 0.15) is 11.6 Å². The Morgan fingerprint density at radius 3 is 2.77 bits per heavy atom. The largest absolute Gasteiger partial charge is 0.471 e. The number of anilines is 1. The van der Waals surface area contributed by atoms with Gasteiger partial charge in [-0.2, -0.15) is 5.10 Å². The van der Waals surface area contributed by atoms with Crippen molar-refractivity contribution in [1.29, 1.82) is 0 Å². The smallest absolute Gasteiger partial charge is 0.276 e. The van der Waals surface area contributed by atoms with Gasteiger partial charge in [0.25, 0.3) is 5.91 Å². The predicted octanol–water partition coefficient (Wildman–Crippen LogP) is 4.58. The Hall–Kier alpha value is -2.86. The van der Waals surface area contributed by atoms with Gasteiger partial charge in [0.15, 0.2) is 12.4 Å². The molecule has 3 rings (SSSR count). The Bertz CT molecular complexity index is 956. The maximum atomic E-state index is 13.3. The fourth-order valence-electron chi connectivity index (χ4n) is 2.32. The molecule has 2 aromatic carbocycles. The molecular formula is C19H17ClFN3O2. The number of nitrogens with one attached hydrogen (secondary N) is 1. The molecule has 0 fully saturated rings. The molecule has 0 atom stereocenters. The molecule has 26 heavy (non-hydrogen) atoms. The Morgan fingerprint density at radius 1 is 1.19 bits per heavy atom. The van der Waals surface area contributed by atoms with E-state index >= 15 is 0 Å². The highest BCUT2D eigenvalue weighted by molar-refractivity contribution is 6.31. The number of benzene rings is 2. The lowest BCUT2D eigenvalue weighted by molar-refractivity contribution is 0.102. The molecule has 1 aromatic heterocycles. The van der Waals surface area contributed by atoms with E-state index in [1.165, 1.54) is 16.8 Å². The van der Waals surface area contributed by atoms with Gasteiger partial charge in [-0.3, -0.25) is 4.79 Å². The lowest BCUT2D eigenvalue weighted by Crippen LogP contribution is -2.15. The normalized spacial score (nSPS) is 10.6. The second-order valence-electron chi connectivity index (χ2n) is 5.84. The number of amides is 1. The van der Waals surface area contributed by atoms with Gasteiger partial charge in [0.2, 0.25) is 0 Å². The fourth-order valence-corrected chi connectivity index (χ4v) is 2.44. The molecule has 1 amide bonds. The van der Waals surface area contributed by atoms with E-state index in [4.69, 9.17) is 16.3 Å². The number of aryl methyl sites for hydroxylation is 2. The van der Waals surface area contributed by atoms with Crippen molar-refractivity contribution < 1.29 is 13.9 Å². The number of halogens is 2. The zero-order valence-corrected chi connectivity index (χ0v) is 15.0. The highest BCUT2D eigenvalue weighted by Gasteiger charge is 2.12. The first-order chi connectivity index (χ1) is 12.4. The number of ether oxygens (including phenoxy) is 1. The van der Waals surface area contributed by atoms with Gasteiger partial charge in [-0.1, -0.05) is 17.7 Å². The SMILES string of the molecule is Cc1cc(OCn2ccc(C(=O)Nc3cc(F)ccc3C)n2)ccc1Cl. The number of hydrogen-bond acceptors (Lipinski definition) is 3. The van der Waals surface area contributed by atoms with Crippen LogP contribution in [0.25, 0.3) is 0 Å². The summed E-state index contributed by atoms with van der Waals surface area (Å²) >= 11 is 5.98. The van der Waals surface area contributed by atoms with Gasteiger partial charge < -0.3 is 10.1 Å². The third-order valence-electron chi connectivity index (χ3n) is 3.81. The average Bonchev–Trinajstić information content (AvgIpc) is 3.08. The predicted molar refractivity (Wildman–Crippen MR) is 98.1 cm³/mol. The van der Waals surface area contributed by atoms with Crippen LogP contribution in [0.4, 0.5) is 10.1 Å². The first-order valence-electron chi connectivity index (χ1n) is 7.92. The van der Waals surface area contributed by atoms with Gasteiger partial charge in [-0.15, -0.1) is 0 Å². The van der Waals surface area contributed by atoms with Gasteiger partial charge in [-0.05, 0) is 61.4 Å². The molecule has 0 aliphatic heterocycles. The van der Waals surface area contributed by atoms with Crippen molar-refractivity contribution in [3.05, 3.63) is 76.3 Å². The standard InChI is InChI=1S/C19H17ClFN3O2/c1-12-3-4-14(21)10-18(12)22-19(25)17-7-8-24(23-17)11-26-15-5-6-16(20)13(2)9-15/h3-10H,11H2,1-2H3,(H,22,25). The van der Waals surface area contributed by atoms with Crippen LogP contribution >= 0.6 is 11.6 Å². The highest BCUT2D eigenvalue weighted by atomic mass is 35.5. The molecule has 5 nitrogen and oxygen atoms in total. The molecule has 7 heteroatoms. The van der Waals surface area contributed by atoms with Crippen LogP contribution in [0.2, 0.25) is 5.02 Å². The zero-order valence-electron chi connectivity index (χ0n) is 14.3. The van der Waals surface area contributed by atoms with Crippen molar-refractivity contribution in [3.8, 4) is 5.75 Å². The van der Waals surface area contributed by atoms with Gasteiger partial charge in [0.05, 0.1) is 0 Å². The van der Waals surface area contributed by atoms with Crippen LogP contribution < -0.4 is 10.1 Å². The lowest BCUT2D eigenvalue weighted by atomic mass is 10.2. The maximum Gasteiger partial charge on any atom is 0.276 e. The van der Waals surface area contributed by atoms with E-state index in [0.717, 1.165) is 11.1 Å². The Morgan fingerprint density at radius 2 is 2.00 bits per heavy atom. The molecule has 0 aliphatic carbocycles. The van der Waals surface area contributed by atoms with Crippen molar-refractivity contribution in [3.63, 3.8) is 0 Å². The summed E-state index contributed by atoms with van der Waals surface area (Å²) in [5.74, 6) is -0.174. The number of hydrogen-bond donors (Lipinski definition) is 1. The summed E-state index contributed by atoms with van der Waals surface area (Å²) in [6.45, 7) is 3.82. The van der Waals surface area contributed by atoms with Crippen LogP contribution in [0.1, 0.15) is 21.6 Å². The topological polar surface area (TPSA) is 56.1 Å². The number of rotatable bonds is 5. The first-order valence-corrected chi connectivity index (χ1v) is 8.30. The molecule has 0 unspecified atom stereocenters. The number of nitrogens with zero attached hydrogens (tertiary/aromatic N) is 2. The van der Waals surface area contributed by atoms with Crippen LogP contribution in [0.5, 0.6) is 5.75 Å². The van der Waals surface area contributed by atoms with Crippen LogP contribution in [-0.2, 0) is 6.73 Å². The van der Waals surface area contributed by atoms with E-state index < -0.39 is 11.7 Å². The zero-order chi connectivity index (χ0) is 18.7. The molecule has 0 aliphatic rings. The number of carbonyl (C=O) groups excluding carboxylic acids is 1. The summed E-state index contributed by atoms with van der Waals surface area (Å²) in [5, 5.41) is 7.50. The lowest BCUT2D eigenvalue weighted by Gasteiger charge is -2.08. The second-order valence-corrected chi connectivity index (χ2v) is 6.25. The highest BCUT2D eigenvalue weighted by Crippen LogP contribution is 2.21. The van der Waals surface area contributed by atoms with E-state index in [9.17, 15) is 9.18 Å². The van der Waals surface area contributed by atoms with Crippen molar-refractivity contribution in [2.75, 3.05) is 5.32 Å². The van der Waals surface area contributed by atoms with E-state index in [1.807, 2.05) is 13.0 Å². The summed E-state index contributed by atoms with van der Waals surface area (Å²) in [5.41, 5.74) is 2.30. The Balaban J connectivity index is 1.64. The molecule has 3 aromatic rings. The van der Waals surface area contributed by atoms with E-state index in [0.29, 0.717) is 16.5 Å². The van der Waals surface area contributed by atoms with Gasteiger partial charge >= 0.3 is 0 Å². The van der Waals surface area contributed by atoms with Crippen LogP contribution in [0.3, 0.4) is 0 Å². The third-order valence-corrected chi connectivity index (χ3v) is 4.24. The van der Waals surface area contributed by atoms with Crippen LogP contribution in [-0.4, -0.2) is 15.7 Å². The maximum absolute atomic E-state index is 13.3. The van der Waals surface area contributed by atoms with E-state index in [1.54, 1.807) is 37.4 Å². The van der Waals surface area contributed by atoms with Gasteiger partial charge in [-0.25, -0.2) is 9.07 Å². The van der Waals surface area contributed by atoms with E-state index in [2.05, 4.69) is 10.4 Å². The monoisotopic (exact) mass is 373 g/mol. The minimum Gasteiger partial charge on any atom is -0.471 e. The molecule has 134 valence electrons. The van der Waals surface area contributed by atoms with Crippen molar-refractivity contribution in [2.24, 2.45) is 0 Å². The van der Waals surface area contributed by atoms with Crippen LogP contribution in [0, 0.1) is 19.7 Å². The molecule has 0 radical (unpaired) electrons. The minimum absolute atomic E-state index is 0.146.